The topological polar surface area (TPSA) is 79.2 Å². The highest BCUT2D eigenvalue weighted by Crippen LogP contribution is 2.39. The lowest BCUT2D eigenvalue weighted by Crippen LogP contribution is -2.60. The van der Waals surface area contributed by atoms with Gasteiger partial charge in [0.1, 0.15) is 12.4 Å². The number of H-pyrrole nitrogens is 1. The number of fused-ring (bicyclic) bond motifs is 3. The van der Waals surface area contributed by atoms with Crippen molar-refractivity contribution >= 4 is 35.0 Å². The molecule has 0 fully saturated rings. The van der Waals surface area contributed by atoms with Gasteiger partial charge in [-0.3, -0.25) is 14.6 Å². The molecule has 1 amide bonds. The molecule has 1 atom stereocenters. The van der Waals surface area contributed by atoms with E-state index in [1.165, 1.54) is 18.7 Å². The molecule has 9 heteroatoms. The molecular formula is C32H26ClN4O3S+. The summed E-state index contributed by atoms with van der Waals surface area (Å²) < 4.78 is 7.94. The Labute approximate surface area is 246 Å². The smallest absolute Gasteiger partial charge is 0.325 e. The third-order valence-electron chi connectivity index (χ3n) is 6.85. The number of hydrogen-bond acceptors (Lipinski definition) is 5. The molecule has 5 aromatic rings. The molecule has 0 unspecified atom stereocenters. The van der Waals surface area contributed by atoms with E-state index in [0.717, 1.165) is 11.1 Å². The van der Waals surface area contributed by atoms with E-state index in [2.05, 4.69) is 4.98 Å². The number of amides is 1. The van der Waals surface area contributed by atoms with Crippen LogP contribution in [0.2, 0.25) is 5.02 Å². The van der Waals surface area contributed by atoms with E-state index >= 15 is 0 Å². The average molecular weight is 582 g/mol. The van der Waals surface area contributed by atoms with E-state index in [-0.39, 0.29) is 11.5 Å². The highest BCUT2D eigenvalue weighted by molar-refractivity contribution is 7.98. The summed E-state index contributed by atoms with van der Waals surface area (Å²) >= 11 is 7.74. The van der Waals surface area contributed by atoms with Crippen LogP contribution in [0.4, 0.5) is 5.69 Å². The van der Waals surface area contributed by atoms with E-state index < -0.39 is 6.17 Å². The number of aromatic amines is 1. The minimum atomic E-state index is -0.758. The van der Waals surface area contributed by atoms with Crippen LogP contribution in [0.15, 0.2) is 113 Å². The summed E-state index contributed by atoms with van der Waals surface area (Å²) in [5.41, 5.74) is 3.97. The second kappa shape index (κ2) is 11.6. The molecule has 0 saturated heterocycles. The van der Waals surface area contributed by atoms with Crippen molar-refractivity contribution in [1.82, 2.24) is 10.1 Å². The molecular weight excluding hydrogens is 556 g/mol. The number of hydrogen-bond donors (Lipinski definition) is 1. The Kier molecular flexibility index (Phi) is 7.59. The van der Waals surface area contributed by atoms with Gasteiger partial charge in [-0.15, -0.1) is 0 Å². The number of carbonyl (C=O) groups excluding carboxylic acids is 1. The summed E-state index contributed by atoms with van der Waals surface area (Å²) in [5.74, 6) is 0.916. The first-order valence-corrected chi connectivity index (χ1v) is 14.4. The molecule has 1 N–H and O–H groups in total. The van der Waals surface area contributed by atoms with E-state index in [1.54, 1.807) is 9.58 Å². The summed E-state index contributed by atoms with van der Waals surface area (Å²) in [4.78, 5) is 31.6. The van der Waals surface area contributed by atoms with E-state index in [0.29, 0.717) is 50.8 Å². The number of ether oxygens (including phenoxy) is 1. The normalized spacial score (nSPS) is 13.8. The fourth-order valence-corrected chi connectivity index (χ4v) is 6.12. The van der Waals surface area contributed by atoms with E-state index in [9.17, 15) is 9.59 Å². The molecule has 0 saturated carbocycles. The lowest BCUT2D eigenvalue weighted by atomic mass is 10.0. The van der Waals surface area contributed by atoms with Crippen LogP contribution in [-0.2, 0) is 17.2 Å². The van der Waals surface area contributed by atoms with Crippen LogP contribution in [0.3, 0.4) is 0 Å². The highest BCUT2D eigenvalue weighted by Gasteiger charge is 2.46. The number of nitrogens with zero attached hydrogens (tertiary/aromatic N) is 3. The van der Waals surface area contributed by atoms with Crippen molar-refractivity contribution in [3.05, 3.63) is 135 Å². The predicted molar refractivity (Wildman–Crippen MR) is 160 cm³/mol. The Morgan fingerprint density at radius 2 is 1.68 bits per heavy atom. The largest absolute Gasteiger partial charge is 0.488 e. The number of para-hydroxylation sites is 2. The Morgan fingerprint density at radius 1 is 0.976 bits per heavy atom. The van der Waals surface area contributed by atoms with Crippen molar-refractivity contribution in [2.24, 2.45) is 0 Å². The maximum atomic E-state index is 13.7. The first kappa shape index (κ1) is 26.8. The molecule has 2 heterocycles. The minimum Gasteiger partial charge on any atom is -0.488 e. The Morgan fingerprint density at radius 3 is 2.49 bits per heavy atom. The lowest BCUT2D eigenvalue weighted by Gasteiger charge is -2.32. The maximum absolute atomic E-state index is 13.7. The third-order valence-corrected chi connectivity index (χ3v) is 8.14. The monoisotopic (exact) mass is 581 g/mol. The number of rotatable bonds is 7. The second-order valence-corrected chi connectivity index (χ2v) is 10.9. The van der Waals surface area contributed by atoms with Gasteiger partial charge in [0.15, 0.2) is 0 Å². The number of anilines is 1. The van der Waals surface area contributed by atoms with Crippen LogP contribution >= 0.6 is 23.4 Å². The maximum Gasteiger partial charge on any atom is 0.325 e. The standard InChI is InChI=1S/C32H25ClN4O3S/c1-21(38)36-27-17-9-6-14-24(27)29-30(39)34-32(41-20-23-13-5-8-16-26(23)33)35-37(29)31(36)25-15-7-10-18-28(25)40-19-22-11-3-2-4-12-22/h2-18,31H,19-20H2,1H3/p+1/t31-/m1/s1. The Bertz CT molecular complexity index is 1790. The zero-order valence-electron chi connectivity index (χ0n) is 22.2. The van der Waals surface area contributed by atoms with Gasteiger partial charge in [-0.1, -0.05) is 96.2 Å². The van der Waals surface area contributed by atoms with Gasteiger partial charge in [0.25, 0.3) is 6.17 Å². The summed E-state index contributed by atoms with van der Waals surface area (Å²) in [6.07, 6.45) is -0.758. The Hall–Kier alpha value is -4.40. The summed E-state index contributed by atoms with van der Waals surface area (Å²) in [6, 6.07) is 32.4. The van der Waals surface area contributed by atoms with Crippen molar-refractivity contribution in [1.29, 1.82) is 0 Å². The second-order valence-electron chi connectivity index (χ2n) is 9.52. The van der Waals surface area contributed by atoms with Crippen LogP contribution in [0, 0.1) is 0 Å². The summed E-state index contributed by atoms with van der Waals surface area (Å²) in [7, 11) is 0. The predicted octanol–water partition coefficient (Wildman–Crippen LogP) is 6.16. The lowest BCUT2D eigenvalue weighted by molar-refractivity contribution is -0.763. The average Bonchev–Trinajstić information content (AvgIpc) is 2.99. The molecule has 4 aromatic carbocycles. The van der Waals surface area contributed by atoms with Gasteiger partial charge in [-0.25, -0.2) is 4.90 Å². The van der Waals surface area contributed by atoms with Gasteiger partial charge < -0.3 is 4.74 Å². The summed E-state index contributed by atoms with van der Waals surface area (Å²) in [6.45, 7) is 1.86. The number of benzene rings is 4. The molecule has 0 spiro atoms. The van der Waals surface area contributed by atoms with Crippen LogP contribution < -0.4 is 19.9 Å². The molecule has 0 aliphatic carbocycles. The van der Waals surface area contributed by atoms with E-state index in [4.69, 9.17) is 21.4 Å². The van der Waals surface area contributed by atoms with Crippen molar-refractivity contribution in [2.75, 3.05) is 4.90 Å². The van der Waals surface area contributed by atoms with Gasteiger partial charge in [0.05, 0.1) is 16.8 Å². The minimum absolute atomic E-state index is 0.189. The number of halogens is 1. The fourth-order valence-electron chi connectivity index (χ4n) is 4.98. The number of nitrogens with one attached hydrogen (secondary N) is 1. The molecule has 1 aliphatic heterocycles. The van der Waals surface area contributed by atoms with Crippen LogP contribution in [0.1, 0.15) is 29.8 Å². The molecule has 204 valence electrons. The van der Waals surface area contributed by atoms with Gasteiger partial charge in [0, 0.05) is 22.8 Å². The summed E-state index contributed by atoms with van der Waals surface area (Å²) in [5, 5.41) is 5.96. The van der Waals surface area contributed by atoms with Gasteiger partial charge in [-0.05, 0) is 46.1 Å². The number of thioether (sulfide) groups is 1. The van der Waals surface area contributed by atoms with Crippen LogP contribution in [-0.4, -0.2) is 16.0 Å². The SMILES string of the molecule is CC(=O)N1c2ccccc2-c2c(=O)[nH]c(SCc3ccccc3Cl)n[n+]2[C@@H]1c1ccccc1OCc1ccccc1. The third kappa shape index (κ3) is 5.36. The first-order valence-electron chi connectivity index (χ1n) is 13.1. The molecule has 1 aliphatic rings. The van der Waals surface area contributed by atoms with Crippen LogP contribution in [0.5, 0.6) is 5.75 Å². The van der Waals surface area contributed by atoms with E-state index in [1.807, 2.05) is 103 Å². The molecule has 1 aromatic heterocycles. The zero-order chi connectivity index (χ0) is 28.3. The first-order chi connectivity index (χ1) is 20.0. The van der Waals surface area contributed by atoms with Gasteiger partial charge in [0.2, 0.25) is 11.1 Å². The van der Waals surface area contributed by atoms with Crippen molar-refractivity contribution in [2.45, 2.75) is 30.6 Å². The number of aromatic nitrogens is 3. The fraction of sp³-hybridized carbons (Fsp3) is 0.125. The molecule has 0 radical (unpaired) electrons. The molecule has 41 heavy (non-hydrogen) atoms. The Balaban J connectivity index is 1.48. The molecule has 6 rings (SSSR count). The molecule has 0 bridgehead atoms. The zero-order valence-corrected chi connectivity index (χ0v) is 23.7. The van der Waals surface area contributed by atoms with Crippen LogP contribution in [0.25, 0.3) is 11.3 Å². The van der Waals surface area contributed by atoms with Crippen molar-refractivity contribution in [3.8, 4) is 17.0 Å². The van der Waals surface area contributed by atoms with Gasteiger partial charge >= 0.3 is 11.3 Å². The van der Waals surface area contributed by atoms with Crippen molar-refractivity contribution < 1.29 is 14.2 Å². The van der Waals surface area contributed by atoms with Gasteiger partial charge in [-0.2, -0.15) is 0 Å². The quantitative estimate of drug-likeness (QED) is 0.184. The molecule has 7 nitrogen and oxygen atoms in total. The number of carbonyl (C=O) groups is 1. The highest BCUT2D eigenvalue weighted by atomic mass is 35.5. The van der Waals surface area contributed by atoms with Crippen molar-refractivity contribution in [3.63, 3.8) is 0 Å².